The van der Waals surface area contributed by atoms with E-state index in [1.54, 1.807) is 11.3 Å². The van der Waals surface area contributed by atoms with Crippen molar-refractivity contribution in [3.05, 3.63) is 127 Å². The highest BCUT2D eigenvalue weighted by molar-refractivity contribution is 8.04. The quantitative estimate of drug-likeness (QED) is 0.264. The third-order valence-electron chi connectivity index (χ3n) is 6.62. The fourth-order valence-corrected chi connectivity index (χ4v) is 11.3. The van der Waals surface area contributed by atoms with Crippen molar-refractivity contribution in [1.29, 1.82) is 0 Å². The Bertz CT molecular complexity index is 1460. The maximum Gasteiger partial charge on any atom is 0.277 e. The summed E-state index contributed by atoms with van der Waals surface area (Å²) in [5, 5.41) is 4.51. The number of carbonyl (C=O) groups is 1. The summed E-state index contributed by atoms with van der Waals surface area (Å²) < 4.78 is 33.8. The predicted molar refractivity (Wildman–Crippen MR) is 162 cm³/mol. The number of hydrogen-bond donors (Lipinski definition) is 1. The summed E-state index contributed by atoms with van der Waals surface area (Å²) in [5.41, 5.74) is 1.59. The summed E-state index contributed by atoms with van der Waals surface area (Å²) in [6, 6.07) is 42.2. The van der Waals surface area contributed by atoms with Crippen molar-refractivity contribution < 1.29 is 33.7 Å². The van der Waals surface area contributed by atoms with Gasteiger partial charge in [-0.2, -0.15) is 14.0 Å². The molecule has 0 radical (unpaired) electrons. The molecule has 0 atom stereocenters. The predicted octanol–water partition coefficient (Wildman–Crippen LogP) is 1.79. The molecular formula is C32H31ClN2O5PS+. The lowest BCUT2D eigenvalue weighted by molar-refractivity contribution is -1.92. The lowest BCUT2D eigenvalue weighted by Gasteiger charge is -2.27. The molecule has 42 heavy (non-hydrogen) atoms. The molecule has 0 saturated carbocycles. The maximum atomic E-state index is 14.1. The number of halogens is 1. The molecule has 0 aliphatic heterocycles. The van der Waals surface area contributed by atoms with Gasteiger partial charge >= 0.3 is 0 Å². The molecule has 0 aliphatic carbocycles. The number of amides is 1. The van der Waals surface area contributed by atoms with Crippen molar-refractivity contribution >= 4 is 45.0 Å². The molecule has 0 fully saturated rings. The topological polar surface area (TPSA) is 123 Å². The molecule has 5 aromatic rings. The zero-order chi connectivity index (χ0) is 30.2. The standard InChI is InChI=1S/C32H30N2OPS.ClHO4/c1-3-34(4-2)31(35)29-32(37-30(33-29)25-17-9-5-10-18-25)36(26-19-11-6-12-20-26,27-21-13-7-14-22-27)28-23-15-8-16-24-28;2-1(3,4)5/h5-24H,3-4H2,1-2H3;(H,2,3,4,5)/q+1;. The number of carbonyl (C=O) groups excluding carboxylic acids is 1. The first kappa shape index (κ1) is 31.5. The smallest absolute Gasteiger partial charge is 0.277 e. The second-order valence-corrected chi connectivity index (χ2v) is 14.5. The van der Waals surface area contributed by atoms with Gasteiger partial charge in [-0.15, -0.1) is 0 Å². The molecule has 0 spiro atoms. The van der Waals surface area contributed by atoms with Gasteiger partial charge in [0, 0.05) is 18.7 Å². The second kappa shape index (κ2) is 14.1. The van der Waals surface area contributed by atoms with Crippen LogP contribution in [0.5, 0.6) is 0 Å². The van der Waals surface area contributed by atoms with Gasteiger partial charge in [0.1, 0.15) is 20.9 Å². The van der Waals surface area contributed by atoms with E-state index in [1.165, 1.54) is 15.9 Å². The highest BCUT2D eigenvalue weighted by Gasteiger charge is 2.52. The van der Waals surface area contributed by atoms with Gasteiger partial charge in [0.15, 0.2) is 17.6 Å². The molecule has 216 valence electrons. The molecule has 1 aromatic heterocycles. The van der Waals surface area contributed by atoms with Crippen molar-refractivity contribution in [2.45, 2.75) is 13.8 Å². The third kappa shape index (κ3) is 7.12. The van der Waals surface area contributed by atoms with Crippen LogP contribution >= 0.6 is 18.6 Å². The average Bonchev–Trinajstić information content (AvgIpc) is 3.45. The first-order chi connectivity index (χ1) is 20.2. The van der Waals surface area contributed by atoms with Crippen molar-refractivity contribution in [1.82, 2.24) is 9.88 Å². The van der Waals surface area contributed by atoms with E-state index in [0.717, 1.165) is 15.2 Å². The van der Waals surface area contributed by atoms with Crippen molar-refractivity contribution in [2.24, 2.45) is 0 Å². The van der Waals surface area contributed by atoms with Crippen LogP contribution in [0.25, 0.3) is 10.6 Å². The molecule has 4 aromatic carbocycles. The summed E-state index contributed by atoms with van der Waals surface area (Å²) in [5.74, 6) is -0.00870. The lowest BCUT2D eigenvalue weighted by Crippen LogP contribution is -2.58. The van der Waals surface area contributed by atoms with E-state index < -0.39 is 17.5 Å². The zero-order valence-electron chi connectivity index (χ0n) is 23.2. The van der Waals surface area contributed by atoms with Gasteiger partial charge in [0.25, 0.3) is 5.91 Å². The number of hydrogen-bond acceptors (Lipinski definition) is 7. The van der Waals surface area contributed by atoms with Crippen LogP contribution in [-0.2, 0) is 0 Å². The molecule has 0 unspecified atom stereocenters. The fraction of sp³-hybridized carbons (Fsp3) is 0.125. The molecule has 1 N–H and O–H groups in total. The Morgan fingerprint density at radius 2 is 1.10 bits per heavy atom. The minimum absolute atomic E-state index is 0.00870. The molecule has 0 saturated heterocycles. The van der Waals surface area contributed by atoms with Gasteiger partial charge in [-0.3, -0.25) is 4.79 Å². The van der Waals surface area contributed by atoms with Gasteiger partial charge < -0.3 is 4.90 Å². The normalized spacial score (nSPS) is 11.4. The van der Waals surface area contributed by atoms with Crippen LogP contribution < -0.4 is 34.5 Å². The number of nitrogens with zero attached hydrogens (tertiary/aromatic N) is 2. The number of benzene rings is 4. The second-order valence-electron chi connectivity index (χ2n) is 9.09. The van der Waals surface area contributed by atoms with E-state index in [9.17, 15) is 4.79 Å². The molecular weight excluding hydrogens is 591 g/mol. The summed E-state index contributed by atoms with van der Waals surface area (Å²) in [4.78, 5) is 21.1. The Balaban J connectivity index is 0.000000748. The van der Waals surface area contributed by atoms with E-state index in [4.69, 9.17) is 23.6 Å². The first-order valence-corrected chi connectivity index (χ1v) is 17.1. The minimum atomic E-state index is -4.69. The Morgan fingerprint density at radius 1 is 0.738 bits per heavy atom. The summed E-state index contributed by atoms with van der Waals surface area (Å²) in [6.07, 6.45) is 0. The van der Waals surface area contributed by atoms with Crippen molar-refractivity contribution in [3.8, 4) is 10.6 Å². The first-order valence-electron chi connectivity index (χ1n) is 13.2. The van der Waals surface area contributed by atoms with Crippen LogP contribution in [0, 0.1) is 10.2 Å². The van der Waals surface area contributed by atoms with E-state index >= 15 is 0 Å². The summed E-state index contributed by atoms with van der Waals surface area (Å²) in [7, 11) is -7.14. The highest BCUT2D eigenvalue weighted by atomic mass is 35.7. The average molecular weight is 622 g/mol. The molecule has 0 bridgehead atoms. The molecule has 0 aliphatic rings. The van der Waals surface area contributed by atoms with E-state index in [1.807, 2.05) is 36.9 Å². The van der Waals surface area contributed by atoms with Crippen molar-refractivity contribution in [3.63, 3.8) is 0 Å². The summed E-state index contributed by atoms with van der Waals surface area (Å²) in [6.45, 7) is 5.33. The van der Waals surface area contributed by atoms with E-state index in [-0.39, 0.29) is 5.91 Å². The third-order valence-corrected chi connectivity index (χ3v) is 12.7. The molecule has 1 amide bonds. The van der Waals surface area contributed by atoms with E-state index in [0.29, 0.717) is 18.8 Å². The lowest BCUT2D eigenvalue weighted by atomic mass is 10.2. The largest absolute Gasteiger partial charge is 0.338 e. The van der Waals surface area contributed by atoms with Crippen LogP contribution in [0.1, 0.15) is 24.3 Å². The SMILES string of the molecule is CCN(CC)C(=O)c1nc(-c2ccccc2)sc1[P+](c1ccccc1)(c1ccccc1)c1ccccc1.[O-][Cl+3]([O-])([O-])O. The van der Waals surface area contributed by atoms with Gasteiger partial charge in [-0.25, -0.2) is 4.98 Å². The highest BCUT2D eigenvalue weighted by Crippen LogP contribution is 2.56. The molecule has 7 nitrogen and oxygen atoms in total. The number of thiazole rings is 1. The van der Waals surface area contributed by atoms with Crippen LogP contribution in [0.2, 0.25) is 0 Å². The fourth-order valence-electron chi connectivity index (χ4n) is 4.80. The zero-order valence-corrected chi connectivity index (χ0v) is 25.6. The van der Waals surface area contributed by atoms with Crippen LogP contribution in [0.3, 0.4) is 0 Å². The van der Waals surface area contributed by atoms with Crippen LogP contribution in [0.15, 0.2) is 121 Å². The Labute approximate surface area is 252 Å². The Morgan fingerprint density at radius 3 is 1.45 bits per heavy atom. The Kier molecular flexibility index (Phi) is 10.6. The summed E-state index contributed by atoms with van der Waals surface area (Å²) >= 11 is 1.66. The van der Waals surface area contributed by atoms with Gasteiger partial charge in [-0.1, -0.05) is 96.3 Å². The monoisotopic (exact) mass is 621 g/mol. The van der Waals surface area contributed by atoms with Gasteiger partial charge in [-0.05, 0) is 50.2 Å². The van der Waals surface area contributed by atoms with E-state index in [2.05, 4.69) is 103 Å². The number of rotatable bonds is 8. The molecule has 1 heterocycles. The minimum Gasteiger partial charge on any atom is -0.338 e. The van der Waals surface area contributed by atoms with Gasteiger partial charge in [0.05, 0.1) is 14.9 Å². The van der Waals surface area contributed by atoms with Crippen LogP contribution in [-0.4, -0.2) is 33.5 Å². The van der Waals surface area contributed by atoms with Crippen molar-refractivity contribution in [2.75, 3.05) is 13.1 Å². The molecule has 5 rings (SSSR count). The molecule has 10 heteroatoms. The number of aromatic nitrogens is 1. The Hall–Kier alpha value is -3.46. The maximum absolute atomic E-state index is 14.1. The van der Waals surface area contributed by atoms with Gasteiger partial charge in [0.2, 0.25) is 0 Å². The van der Waals surface area contributed by atoms with Crippen LogP contribution in [0.4, 0.5) is 0 Å².